The maximum Gasteiger partial charge on any atom is 0.302 e. The Labute approximate surface area is 90.9 Å². The SMILES string of the molecule is CC[C@H]1C[C@@H](COC(C)=O)OC(C)(C)O1. The molecule has 0 bridgehead atoms. The quantitative estimate of drug-likeness (QED) is 0.675. The number of hydrogen-bond donors (Lipinski definition) is 0. The summed E-state index contributed by atoms with van der Waals surface area (Å²) in [6.07, 6.45) is 1.87. The van der Waals surface area contributed by atoms with Crippen LogP contribution in [0.2, 0.25) is 0 Å². The highest BCUT2D eigenvalue weighted by Gasteiger charge is 2.34. The fraction of sp³-hybridized carbons (Fsp3) is 0.909. The Hall–Kier alpha value is -0.610. The van der Waals surface area contributed by atoms with Crippen LogP contribution in [0.25, 0.3) is 0 Å². The standard InChI is InChI=1S/C11H20O4/c1-5-9-6-10(7-13-8(2)12)15-11(3,4)14-9/h9-10H,5-7H2,1-4H3/t9-,10-/m0/s1. The van der Waals surface area contributed by atoms with E-state index in [0.717, 1.165) is 12.8 Å². The van der Waals surface area contributed by atoms with E-state index in [0.29, 0.717) is 6.61 Å². The zero-order chi connectivity index (χ0) is 11.5. The highest BCUT2D eigenvalue weighted by Crippen LogP contribution is 2.28. The molecule has 0 unspecified atom stereocenters. The van der Waals surface area contributed by atoms with Crippen molar-refractivity contribution < 1.29 is 19.0 Å². The molecule has 4 nitrogen and oxygen atoms in total. The van der Waals surface area contributed by atoms with E-state index in [1.54, 1.807) is 0 Å². The van der Waals surface area contributed by atoms with Gasteiger partial charge in [0.15, 0.2) is 5.79 Å². The van der Waals surface area contributed by atoms with Gasteiger partial charge in [0.05, 0.1) is 12.2 Å². The summed E-state index contributed by atoms with van der Waals surface area (Å²) in [5, 5.41) is 0. The molecule has 0 aliphatic carbocycles. The zero-order valence-corrected chi connectivity index (χ0v) is 9.91. The molecule has 1 fully saturated rings. The maximum absolute atomic E-state index is 10.7. The third kappa shape index (κ3) is 4.18. The monoisotopic (exact) mass is 216 g/mol. The molecule has 0 N–H and O–H groups in total. The summed E-state index contributed by atoms with van der Waals surface area (Å²) in [6.45, 7) is 7.57. The summed E-state index contributed by atoms with van der Waals surface area (Å²) in [5.74, 6) is -0.847. The van der Waals surface area contributed by atoms with Crippen molar-refractivity contribution in [2.75, 3.05) is 6.61 Å². The lowest BCUT2D eigenvalue weighted by molar-refractivity contribution is -0.304. The van der Waals surface area contributed by atoms with Crippen molar-refractivity contribution in [2.24, 2.45) is 0 Å². The molecule has 0 radical (unpaired) electrons. The molecule has 0 aromatic rings. The van der Waals surface area contributed by atoms with E-state index in [1.165, 1.54) is 6.92 Å². The average molecular weight is 216 g/mol. The molecule has 1 saturated heterocycles. The van der Waals surface area contributed by atoms with E-state index in [4.69, 9.17) is 14.2 Å². The third-order valence-corrected chi connectivity index (χ3v) is 2.35. The van der Waals surface area contributed by atoms with Crippen molar-refractivity contribution in [3.63, 3.8) is 0 Å². The fourth-order valence-electron chi connectivity index (χ4n) is 1.78. The lowest BCUT2D eigenvalue weighted by atomic mass is 10.1. The van der Waals surface area contributed by atoms with Crippen molar-refractivity contribution in [1.82, 2.24) is 0 Å². The van der Waals surface area contributed by atoms with Crippen LogP contribution in [0.3, 0.4) is 0 Å². The van der Waals surface area contributed by atoms with Crippen molar-refractivity contribution >= 4 is 5.97 Å². The molecule has 15 heavy (non-hydrogen) atoms. The van der Waals surface area contributed by atoms with Gasteiger partial charge in [0.1, 0.15) is 6.61 Å². The Morgan fingerprint density at radius 1 is 1.40 bits per heavy atom. The Bertz CT molecular complexity index is 225. The van der Waals surface area contributed by atoms with Crippen molar-refractivity contribution in [3.8, 4) is 0 Å². The van der Waals surface area contributed by atoms with Gasteiger partial charge in [0, 0.05) is 13.3 Å². The van der Waals surface area contributed by atoms with E-state index in [-0.39, 0.29) is 18.2 Å². The van der Waals surface area contributed by atoms with E-state index in [9.17, 15) is 4.79 Å². The topological polar surface area (TPSA) is 44.8 Å². The number of hydrogen-bond acceptors (Lipinski definition) is 4. The van der Waals surface area contributed by atoms with Gasteiger partial charge in [-0.1, -0.05) is 6.92 Å². The number of carbonyl (C=O) groups excluding carboxylic acids is 1. The van der Waals surface area contributed by atoms with Crippen molar-refractivity contribution in [3.05, 3.63) is 0 Å². The number of esters is 1. The molecule has 1 aliphatic rings. The Kier molecular flexibility index (Phi) is 4.11. The van der Waals surface area contributed by atoms with Gasteiger partial charge in [0.25, 0.3) is 0 Å². The lowest BCUT2D eigenvalue weighted by Crippen LogP contribution is -2.46. The Morgan fingerprint density at radius 2 is 2.00 bits per heavy atom. The molecule has 0 saturated carbocycles. The minimum absolute atomic E-state index is 0.0531. The third-order valence-electron chi connectivity index (χ3n) is 2.35. The first kappa shape index (κ1) is 12.5. The molecule has 0 spiro atoms. The van der Waals surface area contributed by atoms with E-state index in [1.807, 2.05) is 13.8 Å². The van der Waals surface area contributed by atoms with Crippen LogP contribution in [0, 0.1) is 0 Å². The second-order valence-electron chi connectivity index (χ2n) is 4.33. The second kappa shape index (κ2) is 4.94. The normalized spacial score (nSPS) is 29.9. The predicted octanol–water partition coefficient (Wildman–Crippen LogP) is 1.87. The van der Waals surface area contributed by atoms with Crippen LogP contribution in [-0.2, 0) is 19.0 Å². The second-order valence-corrected chi connectivity index (χ2v) is 4.33. The number of carbonyl (C=O) groups is 1. The zero-order valence-electron chi connectivity index (χ0n) is 9.91. The molecule has 2 atom stereocenters. The Balaban J connectivity index is 2.47. The van der Waals surface area contributed by atoms with Gasteiger partial charge in [-0.25, -0.2) is 0 Å². The average Bonchev–Trinajstić information content (AvgIpc) is 2.12. The first-order chi connectivity index (χ1) is 6.93. The van der Waals surface area contributed by atoms with E-state index >= 15 is 0 Å². The summed E-state index contributed by atoms with van der Waals surface area (Å²) in [7, 11) is 0. The molecular weight excluding hydrogens is 196 g/mol. The van der Waals surface area contributed by atoms with Crippen LogP contribution in [0.15, 0.2) is 0 Å². The largest absolute Gasteiger partial charge is 0.463 e. The molecule has 0 aromatic carbocycles. The molecule has 1 heterocycles. The molecule has 0 aromatic heterocycles. The predicted molar refractivity (Wildman–Crippen MR) is 55.4 cm³/mol. The Morgan fingerprint density at radius 3 is 2.53 bits per heavy atom. The molecule has 88 valence electrons. The number of rotatable bonds is 3. The fourth-order valence-corrected chi connectivity index (χ4v) is 1.78. The van der Waals surface area contributed by atoms with Crippen LogP contribution in [-0.4, -0.2) is 30.6 Å². The van der Waals surface area contributed by atoms with Crippen molar-refractivity contribution in [1.29, 1.82) is 0 Å². The van der Waals surface area contributed by atoms with Gasteiger partial charge in [-0.15, -0.1) is 0 Å². The van der Waals surface area contributed by atoms with Gasteiger partial charge < -0.3 is 14.2 Å². The highest BCUT2D eigenvalue weighted by molar-refractivity contribution is 5.65. The van der Waals surface area contributed by atoms with Gasteiger partial charge in [-0.05, 0) is 20.3 Å². The van der Waals surface area contributed by atoms with Gasteiger partial charge >= 0.3 is 5.97 Å². The lowest BCUT2D eigenvalue weighted by Gasteiger charge is -2.40. The molecule has 4 heteroatoms. The van der Waals surface area contributed by atoms with Gasteiger partial charge in [-0.3, -0.25) is 4.79 Å². The minimum atomic E-state index is -0.580. The van der Waals surface area contributed by atoms with E-state index in [2.05, 4.69) is 6.92 Å². The van der Waals surface area contributed by atoms with Crippen LogP contribution in [0.4, 0.5) is 0 Å². The van der Waals surface area contributed by atoms with Crippen LogP contribution < -0.4 is 0 Å². The summed E-state index contributed by atoms with van der Waals surface area (Å²) in [4.78, 5) is 10.7. The molecule has 1 rings (SSSR count). The summed E-state index contributed by atoms with van der Waals surface area (Å²) in [5.41, 5.74) is 0. The van der Waals surface area contributed by atoms with Gasteiger partial charge in [0.2, 0.25) is 0 Å². The summed E-state index contributed by atoms with van der Waals surface area (Å²) < 4.78 is 16.3. The minimum Gasteiger partial charge on any atom is -0.463 e. The van der Waals surface area contributed by atoms with E-state index < -0.39 is 5.79 Å². The van der Waals surface area contributed by atoms with Crippen LogP contribution in [0.1, 0.15) is 40.5 Å². The maximum atomic E-state index is 10.7. The molecule has 1 aliphatic heterocycles. The highest BCUT2D eigenvalue weighted by atomic mass is 16.7. The summed E-state index contributed by atoms with van der Waals surface area (Å²) >= 11 is 0. The van der Waals surface area contributed by atoms with Gasteiger partial charge in [-0.2, -0.15) is 0 Å². The van der Waals surface area contributed by atoms with Crippen LogP contribution >= 0.6 is 0 Å². The first-order valence-corrected chi connectivity index (χ1v) is 5.42. The van der Waals surface area contributed by atoms with Crippen molar-refractivity contribution in [2.45, 2.75) is 58.5 Å². The molecule has 0 amide bonds. The number of ether oxygens (including phenoxy) is 3. The first-order valence-electron chi connectivity index (χ1n) is 5.42. The smallest absolute Gasteiger partial charge is 0.302 e. The van der Waals surface area contributed by atoms with Crippen LogP contribution in [0.5, 0.6) is 0 Å². The summed E-state index contributed by atoms with van der Waals surface area (Å²) in [6, 6.07) is 0. The molecular formula is C11H20O4.